The van der Waals surface area contributed by atoms with E-state index in [0.717, 1.165) is 50.4 Å². The summed E-state index contributed by atoms with van der Waals surface area (Å²) in [6.07, 6.45) is 0. The molecule has 28 heavy (non-hydrogen) atoms. The number of benzene rings is 2. The molecule has 0 saturated carbocycles. The molecule has 150 valence electrons. The maximum Gasteiger partial charge on any atom is 0.146 e. The van der Waals surface area contributed by atoms with Gasteiger partial charge in [-0.25, -0.2) is 8.78 Å². The number of rotatable bonds is 4. The van der Waals surface area contributed by atoms with Crippen molar-refractivity contribution < 1.29 is 8.78 Å². The number of hydrogen-bond donors (Lipinski definition) is 1. The lowest BCUT2D eigenvalue weighted by Gasteiger charge is -2.34. The van der Waals surface area contributed by atoms with Gasteiger partial charge in [0.1, 0.15) is 11.6 Å². The Balaban J connectivity index is 1.40. The van der Waals surface area contributed by atoms with Crippen LogP contribution in [0.5, 0.6) is 0 Å². The summed E-state index contributed by atoms with van der Waals surface area (Å²) in [5.74, 6) is -0.209. The molecule has 0 unspecified atom stereocenters. The van der Waals surface area contributed by atoms with Gasteiger partial charge in [-0.3, -0.25) is 4.90 Å². The fourth-order valence-corrected chi connectivity index (χ4v) is 4.32. The van der Waals surface area contributed by atoms with Gasteiger partial charge in [0, 0.05) is 57.8 Å². The highest BCUT2D eigenvalue weighted by atomic mass is 19.1. The topological polar surface area (TPSA) is 35.7 Å². The van der Waals surface area contributed by atoms with Crippen molar-refractivity contribution in [1.29, 1.82) is 0 Å². The lowest BCUT2D eigenvalue weighted by atomic mass is 9.95. The largest absolute Gasteiger partial charge is 0.367 e. The predicted molar refractivity (Wildman–Crippen MR) is 109 cm³/mol. The summed E-state index contributed by atoms with van der Waals surface area (Å²) < 4.78 is 27.9. The molecule has 2 aromatic rings. The van der Waals surface area contributed by atoms with E-state index in [4.69, 9.17) is 5.73 Å². The number of likely N-dealkylation sites (tertiary alicyclic amines) is 1. The van der Waals surface area contributed by atoms with Crippen molar-refractivity contribution >= 4 is 5.69 Å². The maximum atomic E-state index is 14.7. The number of halogens is 2. The quantitative estimate of drug-likeness (QED) is 0.876. The summed E-state index contributed by atoms with van der Waals surface area (Å²) in [7, 11) is 2.09. The second kappa shape index (κ2) is 8.15. The molecule has 0 aromatic heterocycles. The van der Waals surface area contributed by atoms with Crippen LogP contribution in [0.4, 0.5) is 14.5 Å². The monoisotopic (exact) mass is 386 g/mol. The molecular weight excluding hydrogens is 358 g/mol. The Bertz CT molecular complexity index is 803. The van der Waals surface area contributed by atoms with Gasteiger partial charge in [0.25, 0.3) is 0 Å². The molecule has 2 heterocycles. The van der Waals surface area contributed by atoms with Crippen molar-refractivity contribution in [2.75, 3.05) is 51.2 Å². The number of nitrogens with two attached hydrogens (primary N) is 1. The van der Waals surface area contributed by atoms with E-state index in [-0.39, 0.29) is 23.6 Å². The highest BCUT2D eigenvalue weighted by molar-refractivity contribution is 5.49. The first-order chi connectivity index (χ1) is 13.5. The van der Waals surface area contributed by atoms with Gasteiger partial charge in [-0.05, 0) is 42.4 Å². The van der Waals surface area contributed by atoms with E-state index in [9.17, 15) is 8.78 Å². The van der Waals surface area contributed by atoms with Crippen LogP contribution >= 0.6 is 0 Å². The second-order valence-corrected chi connectivity index (χ2v) is 8.09. The second-order valence-electron chi connectivity index (χ2n) is 8.09. The Morgan fingerprint density at radius 3 is 2.36 bits per heavy atom. The van der Waals surface area contributed by atoms with Crippen LogP contribution in [0.3, 0.4) is 0 Å². The zero-order valence-electron chi connectivity index (χ0n) is 16.3. The molecule has 0 radical (unpaired) electrons. The number of hydrogen-bond acceptors (Lipinski definition) is 4. The first-order valence-corrected chi connectivity index (χ1v) is 9.95. The SMILES string of the molecule is CN1CCN(c2ccc(CN3C[C@H](N)[C@H](c4ccc(F)cc4)C3)cc2F)CC1. The molecule has 4 nitrogen and oxygen atoms in total. The Hall–Kier alpha value is -2.02. The molecule has 2 N–H and O–H groups in total. The summed E-state index contributed by atoms with van der Waals surface area (Å²) in [4.78, 5) is 6.63. The molecule has 2 atom stereocenters. The number of anilines is 1. The van der Waals surface area contributed by atoms with Gasteiger partial charge in [0.2, 0.25) is 0 Å². The molecule has 4 rings (SSSR count). The van der Waals surface area contributed by atoms with Crippen molar-refractivity contribution in [3.8, 4) is 0 Å². The van der Waals surface area contributed by atoms with Crippen molar-refractivity contribution in [2.45, 2.75) is 18.5 Å². The molecule has 2 aliphatic rings. The van der Waals surface area contributed by atoms with Gasteiger partial charge in [0.15, 0.2) is 0 Å². The first-order valence-electron chi connectivity index (χ1n) is 9.95. The van der Waals surface area contributed by atoms with E-state index in [1.807, 2.05) is 24.3 Å². The van der Waals surface area contributed by atoms with Crippen LogP contribution in [0.15, 0.2) is 42.5 Å². The van der Waals surface area contributed by atoms with Crippen molar-refractivity contribution in [3.63, 3.8) is 0 Å². The summed E-state index contributed by atoms with van der Waals surface area (Å²) in [5, 5.41) is 0. The van der Waals surface area contributed by atoms with Crippen LogP contribution < -0.4 is 10.6 Å². The lowest BCUT2D eigenvalue weighted by Crippen LogP contribution is -2.44. The Morgan fingerprint density at radius 2 is 1.68 bits per heavy atom. The van der Waals surface area contributed by atoms with Crippen LogP contribution in [0.1, 0.15) is 17.0 Å². The van der Waals surface area contributed by atoms with Crippen LogP contribution in [-0.4, -0.2) is 62.2 Å². The molecule has 0 aliphatic carbocycles. The van der Waals surface area contributed by atoms with E-state index < -0.39 is 0 Å². The minimum absolute atomic E-state index is 0.0000732. The smallest absolute Gasteiger partial charge is 0.146 e. The van der Waals surface area contributed by atoms with Crippen molar-refractivity contribution in [1.82, 2.24) is 9.80 Å². The molecule has 2 saturated heterocycles. The van der Waals surface area contributed by atoms with E-state index >= 15 is 0 Å². The van der Waals surface area contributed by atoms with E-state index in [1.54, 1.807) is 6.07 Å². The summed E-state index contributed by atoms with van der Waals surface area (Å²) in [5.41, 5.74) is 9.05. The molecule has 0 spiro atoms. The summed E-state index contributed by atoms with van der Waals surface area (Å²) in [6.45, 7) is 5.85. The van der Waals surface area contributed by atoms with Gasteiger partial charge >= 0.3 is 0 Å². The van der Waals surface area contributed by atoms with E-state index in [1.165, 1.54) is 12.1 Å². The standard InChI is InChI=1S/C22H28F2N4/c1-26-8-10-28(11-9-26)22-7-2-16(12-20(22)24)13-27-14-19(21(25)15-27)17-3-5-18(23)6-4-17/h2-7,12,19,21H,8-11,13-15,25H2,1H3/t19-,21-/m0/s1. The predicted octanol–water partition coefficient (Wildman–Crippen LogP) is 2.64. The van der Waals surface area contributed by atoms with Crippen LogP contribution in [0.25, 0.3) is 0 Å². The van der Waals surface area contributed by atoms with Gasteiger partial charge in [-0.15, -0.1) is 0 Å². The average molecular weight is 386 g/mol. The van der Waals surface area contributed by atoms with Crippen molar-refractivity contribution in [3.05, 3.63) is 65.2 Å². The fourth-order valence-electron chi connectivity index (χ4n) is 4.32. The zero-order chi connectivity index (χ0) is 19.7. The first kappa shape index (κ1) is 19.3. The van der Waals surface area contributed by atoms with Crippen LogP contribution in [0.2, 0.25) is 0 Å². The van der Waals surface area contributed by atoms with Gasteiger partial charge in [-0.2, -0.15) is 0 Å². The molecule has 2 aliphatic heterocycles. The third-order valence-electron chi connectivity index (χ3n) is 6.00. The molecule has 0 bridgehead atoms. The highest BCUT2D eigenvalue weighted by Crippen LogP contribution is 2.29. The van der Waals surface area contributed by atoms with Crippen molar-refractivity contribution in [2.24, 2.45) is 5.73 Å². The number of nitrogens with zero attached hydrogens (tertiary/aromatic N) is 3. The lowest BCUT2D eigenvalue weighted by molar-refractivity contribution is 0.311. The molecule has 0 amide bonds. The Labute approximate surface area is 165 Å². The third-order valence-corrected chi connectivity index (χ3v) is 6.00. The van der Waals surface area contributed by atoms with E-state index in [0.29, 0.717) is 12.2 Å². The minimum Gasteiger partial charge on any atom is -0.367 e. The molecule has 2 aromatic carbocycles. The normalized spacial score (nSPS) is 24.1. The number of likely N-dealkylation sites (N-methyl/N-ethyl adjacent to an activating group) is 1. The maximum absolute atomic E-state index is 14.7. The minimum atomic E-state index is -0.233. The Kier molecular flexibility index (Phi) is 5.62. The zero-order valence-corrected chi connectivity index (χ0v) is 16.3. The Morgan fingerprint density at radius 1 is 0.964 bits per heavy atom. The molecular formula is C22H28F2N4. The van der Waals surface area contributed by atoms with Gasteiger partial charge in [0.05, 0.1) is 5.69 Å². The van der Waals surface area contributed by atoms with Gasteiger partial charge in [-0.1, -0.05) is 18.2 Å². The molecule has 6 heteroatoms. The fraction of sp³-hybridized carbons (Fsp3) is 0.455. The van der Waals surface area contributed by atoms with Crippen LogP contribution in [-0.2, 0) is 6.54 Å². The summed E-state index contributed by atoms with van der Waals surface area (Å²) in [6, 6.07) is 12.2. The van der Waals surface area contributed by atoms with E-state index in [2.05, 4.69) is 21.7 Å². The average Bonchev–Trinajstić information content (AvgIpc) is 3.03. The van der Waals surface area contributed by atoms with Gasteiger partial charge < -0.3 is 15.5 Å². The third kappa shape index (κ3) is 4.19. The van der Waals surface area contributed by atoms with Crippen LogP contribution in [0, 0.1) is 11.6 Å². The highest BCUT2D eigenvalue weighted by Gasteiger charge is 2.31. The molecule has 2 fully saturated rings. The summed E-state index contributed by atoms with van der Waals surface area (Å²) >= 11 is 0. The number of piperazine rings is 1.